The Bertz CT molecular complexity index is 1790. The Labute approximate surface area is 215 Å². The van der Waals surface area contributed by atoms with Crippen molar-refractivity contribution in [1.82, 2.24) is 40.0 Å². The number of hydrogen-bond donors (Lipinski definition) is 3. The van der Waals surface area contributed by atoms with Gasteiger partial charge in [-0.2, -0.15) is 5.10 Å². The monoisotopic (exact) mass is 509 g/mol. The lowest BCUT2D eigenvalue weighted by Gasteiger charge is -2.12. The van der Waals surface area contributed by atoms with Crippen molar-refractivity contribution in [2.75, 3.05) is 19.4 Å². The van der Waals surface area contributed by atoms with Crippen molar-refractivity contribution in [3.8, 4) is 33.9 Å². The van der Waals surface area contributed by atoms with Crippen molar-refractivity contribution >= 4 is 45.3 Å². The van der Waals surface area contributed by atoms with E-state index in [9.17, 15) is 4.79 Å². The molecule has 0 aliphatic carbocycles. The topological polar surface area (TPSA) is 128 Å². The lowest BCUT2D eigenvalue weighted by Crippen LogP contribution is -2.27. The summed E-state index contributed by atoms with van der Waals surface area (Å²) in [5, 5.41) is 11.8. The highest BCUT2D eigenvalue weighted by molar-refractivity contribution is 6.30. The van der Waals surface area contributed by atoms with E-state index in [2.05, 4.69) is 35.5 Å². The first-order valence-electron chi connectivity index (χ1n) is 11.3. The van der Waals surface area contributed by atoms with Gasteiger partial charge in [-0.25, -0.2) is 9.78 Å². The fourth-order valence-corrected chi connectivity index (χ4v) is 4.24. The van der Waals surface area contributed by atoms with Gasteiger partial charge in [0.1, 0.15) is 5.69 Å². The van der Waals surface area contributed by atoms with E-state index >= 15 is 0 Å². The standard InChI is InChI=1S/C26H20ClN9O/c1-36(2)26(37)31-17-7-15(9-28-10-17)20-8-18-21(13-30-20)34-35-24(18)25-32-22-12-29-11-19(23(22)33-25)14-4-3-5-16(27)6-14/h3-13H,1-2H3,(H,31,37)(H,32,33)(H,34,35). The Morgan fingerprint density at radius 1 is 0.973 bits per heavy atom. The third-order valence-corrected chi connectivity index (χ3v) is 6.13. The minimum atomic E-state index is -0.240. The average Bonchev–Trinajstić information content (AvgIpc) is 3.52. The van der Waals surface area contributed by atoms with Crippen molar-refractivity contribution in [1.29, 1.82) is 0 Å². The molecule has 0 aliphatic rings. The number of urea groups is 1. The van der Waals surface area contributed by atoms with Gasteiger partial charge in [0.15, 0.2) is 5.82 Å². The van der Waals surface area contributed by atoms with Gasteiger partial charge in [0.2, 0.25) is 0 Å². The minimum absolute atomic E-state index is 0.240. The molecule has 2 amide bonds. The second-order valence-corrected chi connectivity index (χ2v) is 9.09. The van der Waals surface area contributed by atoms with Crippen molar-refractivity contribution in [2.45, 2.75) is 0 Å². The Balaban J connectivity index is 1.41. The van der Waals surface area contributed by atoms with Gasteiger partial charge in [0.05, 0.1) is 46.5 Å². The third kappa shape index (κ3) is 4.23. The maximum Gasteiger partial charge on any atom is 0.321 e. The number of H-pyrrole nitrogens is 2. The van der Waals surface area contributed by atoms with Gasteiger partial charge >= 0.3 is 6.03 Å². The molecular weight excluding hydrogens is 490 g/mol. The second kappa shape index (κ2) is 8.99. The lowest BCUT2D eigenvalue weighted by molar-refractivity contribution is 0.230. The molecule has 182 valence electrons. The van der Waals surface area contributed by atoms with Crippen LogP contribution in [0.25, 0.3) is 55.8 Å². The number of carbonyl (C=O) groups is 1. The van der Waals surface area contributed by atoms with Gasteiger partial charge in [0.25, 0.3) is 0 Å². The highest BCUT2D eigenvalue weighted by Gasteiger charge is 2.17. The van der Waals surface area contributed by atoms with Crippen LogP contribution in [0.15, 0.2) is 67.4 Å². The van der Waals surface area contributed by atoms with E-state index in [4.69, 9.17) is 16.6 Å². The predicted molar refractivity (Wildman–Crippen MR) is 143 cm³/mol. The van der Waals surface area contributed by atoms with E-state index in [1.807, 2.05) is 36.4 Å². The smallest absolute Gasteiger partial charge is 0.321 e. The maximum atomic E-state index is 12.0. The van der Waals surface area contributed by atoms with Gasteiger partial charge in [-0.05, 0) is 29.8 Å². The summed E-state index contributed by atoms with van der Waals surface area (Å²) in [7, 11) is 3.35. The number of imidazole rings is 1. The van der Waals surface area contributed by atoms with Gasteiger partial charge in [-0.3, -0.25) is 20.1 Å². The van der Waals surface area contributed by atoms with Crippen LogP contribution < -0.4 is 5.32 Å². The molecule has 37 heavy (non-hydrogen) atoms. The first-order valence-corrected chi connectivity index (χ1v) is 11.7. The van der Waals surface area contributed by atoms with Gasteiger partial charge in [0, 0.05) is 48.0 Å². The number of halogens is 1. The number of fused-ring (bicyclic) bond motifs is 2. The minimum Gasteiger partial charge on any atom is -0.335 e. The Hall–Kier alpha value is -4.83. The molecule has 3 N–H and O–H groups in total. The average molecular weight is 510 g/mol. The molecule has 0 atom stereocenters. The molecule has 6 rings (SSSR count). The van der Waals surface area contributed by atoms with Crippen molar-refractivity contribution in [2.24, 2.45) is 0 Å². The van der Waals surface area contributed by atoms with Crippen molar-refractivity contribution in [3.05, 3.63) is 72.4 Å². The van der Waals surface area contributed by atoms with Crippen LogP contribution in [0.3, 0.4) is 0 Å². The van der Waals surface area contributed by atoms with E-state index in [-0.39, 0.29) is 6.03 Å². The van der Waals surface area contributed by atoms with E-state index in [1.54, 1.807) is 45.1 Å². The quantitative estimate of drug-likeness (QED) is 0.293. The zero-order valence-corrected chi connectivity index (χ0v) is 20.6. The molecule has 5 heterocycles. The predicted octanol–water partition coefficient (Wildman–Crippen LogP) is 5.37. The summed E-state index contributed by atoms with van der Waals surface area (Å²) in [6, 6.07) is 11.1. The normalized spacial score (nSPS) is 11.2. The number of carbonyl (C=O) groups excluding carboxylic acids is 1. The maximum absolute atomic E-state index is 12.0. The summed E-state index contributed by atoms with van der Waals surface area (Å²) >= 11 is 6.22. The molecule has 0 unspecified atom stereocenters. The van der Waals surface area contributed by atoms with E-state index < -0.39 is 0 Å². The zero-order valence-electron chi connectivity index (χ0n) is 19.8. The number of anilines is 1. The summed E-state index contributed by atoms with van der Waals surface area (Å²) in [6.45, 7) is 0. The van der Waals surface area contributed by atoms with E-state index in [1.165, 1.54) is 4.90 Å². The molecule has 0 fully saturated rings. The van der Waals surface area contributed by atoms with Crippen LogP contribution in [-0.4, -0.2) is 60.1 Å². The number of aromatic nitrogens is 7. The van der Waals surface area contributed by atoms with E-state index in [0.717, 1.165) is 38.6 Å². The number of nitrogens with one attached hydrogen (secondary N) is 3. The van der Waals surface area contributed by atoms with Crippen molar-refractivity contribution in [3.63, 3.8) is 0 Å². The number of pyridine rings is 3. The highest BCUT2D eigenvalue weighted by atomic mass is 35.5. The van der Waals surface area contributed by atoms with Gasteiger partial charge < -0.3 is 15.2 Å². The fraction of sp³-hybridized carbons (Fsp3) is 0.0769. The molecule has 0 saturated heterocycles. The molecule has 0 spiro atoms. The molecule has 11 heteroatoms. The largest absolute Gasteiger partial charge is 0.335 e. The van der Waals surface area contributed by atoms with Gasteiger partial charge in [-0.15, -0.1) is 0 Å². The number of aromatic amines is 2. The summed E-state index contributed by atoms with van der Waals surface area (Å²) in [6.07, 6.45) is 8.52. The third-order valence-electron chi connectivity index (χ3n) is 5.89. The molecule has 10 nitrogen and oxygen atoms in total. The van der Waals surface area contributed by atoms with Crippen LogP contribution in [0.4, 0.5) is 10.5 Å². The molecule has 6 aromatic rings. The molecule has 0 aliphatic heterocycles. The number of hydrogen-bond acceptors (Lipinski definition) is 6. The van der Waals surface area contributed by atoms with Crippen LogP contribution in [-0.2, 0) is 0 Å². The number of nitrogens with zero attached hydrogens (tertiary/aromatic N) is 6. The first kappa shape index (κ1) is 22.6. The van der Waals surface area contributed by atoms with Crippen LogP contribution in [0.1, 0.15) is 0 Å². The number of rotatable bonds is 4. The molecule has 5 aromatic heterocycles. The first-order chi connectivity index (χ1) is 18.0. The molecule has 1 aromatic carbocycles. The molecule has 0 radical (unpaired) electrons. The summed E-state index contributed by atoms with van der Waals surface area (Å²) in [4.78, 5) is 34.9. The van der Waals surface area contributed by atoms with Crippen LogP contribution >= 0.6 is 11.6 Å². The Morgan fingerprint density at radius 3 is 2.68 bits per heavy atom. The summed E-state index contributed by atoms with van der Waals surface area (Å²) < 4.78 is 0. The molecular formula is C26H20ClN9O. The zero-order chi connectivity index (χ0) is 25.5. The van der Waals surface area contributed by atoms with Crippen LogP contribution in [0, 0.1) is 0 Å². The highest BCUT2D eigenvalue weighted by Crippen LogP contribution is 2.33. The second-order valence-electron chi connectivity index (χ2n) is 8.65. The molecule has 0 saturated carbocycles. The van der Waals surface area contributed by atoms with Gasteiger partial charge in [-0.1, -0.05) is 23.7 Å². The van der Waals surface area contributed by atoms with Crippen molar-refractivity contribution < 1.29 is 4.79 Å². The van der Waals surface area contributed by atoms with E-state index in [0.29, 0.717) is 27.9 Å². The summed E-state index contributed by atoms with van der Waals surface area (Å²) in [5.41, 5.74) is 6.77. The fourth-order valence-electron chi connectivity index (χ4n) is 4.05. The molecule has 0 bridgehead atoms. The number of amides is 2. The lowest BCUT2D eigenvalue weighted by atomic mass is 10.1. The Kier molecular flexibility index (Phi) is 5.50. The SMILES string of the molecule is CN(C)C(=O)Nc1cncc(-c2cc3c(-c4nc5c(-c6cccc(Cl)c6)cncc5[nH]4)n[nH]c3cn2)c1. The van der Waals surface area contributed by atoms with Crippen LogP contribution in [0.2, 0.25) is 5.02 Å². The summed E-state index contributed by atoms with van der Waals surface area (Å²) in [5.74, 6) is 0.597. The Morgan fingerprint density at radius 2 is 1.84 bits per heavy atom. The number of benzene rings is 1. The van der Waals surface area contributed by atoms with Crippen LogP contribution in [0.5, 0.6) is 0 Å².